The van der Waals surface area contributed by atoms with Crippen molar-refractivity contribution in [3.8, 4) is 68.7 Å². The molecule has 0 spiro atoms. The number of aromatic nitrogens is 3. The Bertz CT molecular complexity index is 1980. The number of phenolic OH excluding ortho intramolecular Hbond substituents is 3. The Morgan fingerprint density at radius 1 is 0.353 bits per heavy atom. The lowest BCUT2D eigenvalue weighted by atomic mass is 10.1. The smallest absolute Gasteiger partial charge is 0.167 e. The van der Waals surface area contributed by atoms with Crippen LogP contribution in [0.1, 0.15) is 16.7 Å². The average Bonchev–Trinajstić information content (AvgIpc) is 3.16. The number of rotatable bonds is 12. The number of phenols is 3. The molecule has 1 aromatic heterocycles. The highest BCUT2D eigenvalue weighted by atomic mass is 16.5. The van der Waals surface area contributed by atoms with Gasteiger partial charge in [-0.1, -0.05) is 91.0 Å². The van der Waals surface area contributed by atoms with E-state index < -0.39 is 0 Å². The molecule has 1 heterocycles. The summed E-state index contributed by atoms with van der Waals surface area (Å²) in [6, 6.07) is 43.7. The van der Waals surface area contributed by atoms with Crippen LogP contribution in [-0.2, 0) is 19.8 Å². The Labute approximate surface area is 294 Å². The van der Waals surface area contributed by atoms with Crippen LogP contribution in [0, 0.1) is 0 Å². The number of aromatic hydroxyl groups is 3. The minimum Gasteiger partial charge on any atom is -0.507 e. The maximum Gasteiger partial charge on any atom is 0.167 e. The summed E-state index contributed by atoms with van der Waals surface area (Å²) in [4.78, 5) is 13.9. The summed E-state index contributed by atoms with van der Waals surface area (Å²) in [5.74, 6) is 1.38. The predicted octanol–water partition coefficient (Wildman–Crippen LogP) is 8.73. The van der Waals surface area contributed by atoms with E-state index in [4.69, 9.17) is 14.2 Å². The van der Waals surface area contributed by atoms with E-state index in [0.29, 0.717) is 53.8 Å². The third-order valence-electron chi connectivity index (χ3n) is 8.01. The molecule has 0 saturated heterocycles. The molecule has 0 radical (unpaired) electrons. The molecule has 7 aromatic rings. The fourth-order valence-corrected chi connectivity index (χ4v) is 5.33. The van der Waals surface area contributed by atoms with Crippen LogP contribution in [0.2, 0.25) is 0 Å². The molecule has 0 atom stereocenters. The first kappa shape index (κ1) is 32.7. The van der Waals surface area contributed by atoms with Crippen LogP contribution in [0.3, 0.4) is 0 Å². The molecule has 0 aliphatic rings. The molecule has 252 valence electrons. The molecule has 0 saturated carbocycles. The summed E-state index contributed by atoms with van der Waals surface area (Å²) in [5.41, 5.74) is 3.87. The molecule has 9 nitrogen and oxygen atoms in total. The van der Waals surface area contributed by atoms with Gasteiger partial charge in [0.15, 0.2) is 17.5 Å². The van der Waals surface area contributed by atoms with Gasteiger partial charge in [-0.2, -0.15) is 0 Å². The zero-order chi connectivity index (χ0) is 35.0. The Morgan fingerprint density at radius 2 is 0.627 bits per heavy atom. The molecule has 0 aliphatic carbocycles. The van der Waals surface area contributed by atoms with Gasteiger partial charge in [-0.25, -0.2) is 15.0 Å². The molecule has 7 rings (SSSR count). The van der Waals surface area contributed by atoms with Crippen molar-refractivity contribution in [1.29, 1.82) is 0 Å². The molecular formula is C42H33N3O6. The summed E-state index contributed by atoms with van der Waals surface area (Å²) < 4.78 is 17.7. The van der Waals surface area contributed by atoms with E-state index in [1.807, 2.05) is 91.0 Å². The van der Waals surface area contributed by atoms with Gasteiger partial charge in [0.05, 0.1) is 16.7 Å². The lowest BCUT2D eigenvalue weighted by Crippen LogP contribution is -2.02. The molecule has 6 aromatic carbocycles. The minimum absolute atomic E-state index is 0.119. The average molecular weight is 676 g/mol. The SMILES string of the molecule is Oc1cc(OCc2ccccc2)ccc1-c1nc(-c2ccc(OCc3ccccc3)cc2O)nc(-c2ccc(OCc3ccccc3)cc2O)n1. The second kappa shape index (κ2) is 15.1. The fraction of sp³-hybridized carbons (Fsp3) is 0.0714. The minimum atomic E-state index is -0.119. The van der Waals surface area contributed by atoms with E-state index >= 15 is 0 Å². The van der Waals surface area contributed by atoms with Gasteiger partial charge in [-0.3, -0.25) is 0 Å². The standard InChI is InChI=1S/C42H33N3O6/c46-37-22-31(49-25-28-10-4-1-5-11-28)16-19-34(37)40-43-41(35-20-17-32(23-38(35)47)50-26-29-12-6-2-7-13-29)45-42(44-40)36-21-18-33(24-39(36)48)51-27-30-14-8-3-9-15-30/h1-24,46-48H,25-27H2. The Balaban J connectivity index is 1.21. The van der Waals surface area contributed by atoms with E-state index in [-0.39, 0.29) is 34.7 Å². The van der Waals surface area contributed by atoms with Crippen molar-refractivity contribution < 1.29 is 29.5 Å². The van der Waals surface area contributed by atoms with Crippen LogP contribution in [0.15, 0.2) is 146 Å². The first-order valence-corrected chi connectivity index (χ1v) is 16.2. The number of nitrogens with zero attached hydrogens (tertiary/aromatic N) is 3. The van der Waals surface area contributed by atoms with E-state index in [2.05, 4.69) is 15.0 Å². The van der Waals surface area contributed by atoms with Crippen molar-refractivity contribution in [2.24, 2.45) is 0 Å². The van der Waals surface area contributed by atoms with Crippen LogP contribution < -0.4 is 14.2 Å². The summed E-state index contributed by atoms with van der Waals surface area (Å²) in [5, 5.41) is 33.4. The first-order valence-electron chi connectivity index (χ1n) is 16.2. The van der Waals surface area contributed by atoms with Crippen molar-refractivity contribution in [3.63, 3.8) is 0 Å². The highest BCUT2D eigenvalue weighted by molar-refractivity contribution is 5.74. The molecule has 0 bridgehead atoms. The molecule has 0 aliphatic heterocycles. The van der Waals surface area contributed by atoms with E-state index in [9.17, 15) is 15.3 Å². The Morgan fingerprint density at radius 3 is 0.882 bits per heavy atom. The van der Waals surface area contributed by atoms with Crippen LogP contribution in [0.4, 0.5) is 0 Å². The van der Waals surface area contributed by atoms with Crippen molar-refractivity contribution in [1.82, 2.24) is 15.0 Å². The second-order valence-corrected chi connectivity index (χ2v) is 11.7. The monoisotopic (exact) mass is 675 g/mol. The summed E-state index contributed by atoms with van der Waals surface area (Å²) in [6.45, 7) is 0.983. The molecule has 0 fully saturated rings. The van der Waals surface area contributed by atoms with Crippen molar-refractivity contribution in [3.05, 3.63) is 162 Å². The summed E-state index contributed by atoms with van der Waals surface area (Å²) in [6.07, 6.45) is 0. The van der Waals surface area contributed by atoms with Crippen molar-refractivity contribution in [2.75, 3.05) is 0 Å². The van der Waals surface area contributed by atoms with Gasteiger partial charge in [0.2, 0.25) is 0 Å². The van der Waals surface area contributed by atoms with Crippen LogP contribution >= 0.6 is 0 Å². The molecular weight excluding hydrogens is 642 g/mol. The lowest BCUT2D eigenvalue weighted by molar-refractivity contribution is 0.304. The number of ether oxygens (including phenoxy) is 3. The van der Waals surface area contributed by atoms with Gasteiger partial charge in [-0.15, -0.1) is 0 Å². The lowest BCUT2D eigenvalue weighted by Gasteiger charge is -2.13. The summed E-state index contributed by atoms with van der Waals surface area (Å²) >= 11 is 0. The second-order valence-electron chi connectivity index (χ2n) is 11.7. The number of benzene rings is 6. The maximum atomic E-state index is 11.1. The molecule has 9 heteroatoms. The topological polar surface area (TPSA) is 127 Å². The number of hydrogen-bond acceptors (Lipinski definition) is 9. The van der Waals surface area contributed by atoms with Crippen LogP contribution in [0.5, 0.6) is 34.5 Å². The zero-order valence-corrected chi connectivity index (χ0v) is 27.4. The summed E-state index contributed by atoms with van der Waals surface area (Å²) in [7, 11) is 0. The predicted molar refractivity (Wildman–Crippen MR) is 193 cm³/mol. The van der Waals surface area contributed by atoms with Gasteiger partial charge in [0, 0.05) is 18.2 Å². The van der Waals surface area contributed by atoms with Gasteiger partial charge in [0.1, 0.15) is 54.3 Å². The Kier molecular flexibility index (Phi) is 9.69. The molecule has 51 heavy (non-hydrogen) atoms. The molecule has 3 N–H and O–H groups in total. The van der Waals surface area contributed by atoms with Gasteiger partial charge in [0.25, 0.3) is 0 Å². The Hall–Kier alpha value is -6.87. The van der Waals surface area contributed by atoms with Crippen LogP contribution in [-0.4, -0.2) is 30.3 Å². The van der Waals surface area contributed by atoms with E-state index in [1.165, 1.54) is 18.2 Å². The van der Waals surface area contributed by atoms with Gasteiger partial charge >= 0.3 is 0 Å². The third-order valence-corrected chi connectivity index (χ3v) is 8.01. The highest BCUT2D eigenvalue weighted by Gasteiger charge is 2.19. The quantitative estimate of drug-likeness (QED) is 0.117. The molecule has 0 amide bonds. The van der Waals surface area contributed by atoms with Crippen molar-refractivity contribution >= 4 is 0 Å². The number of hydrogen-bond donors (Lipinski definition) is 3. The fourth-order valence-electron chi connectivity index (χ4n) is 5.33. The first-order chi connectivity index (χ1) is 25.0. The van der Waals surface area contributed by atoms with Crippen LogP contribution in [0.25, 0.3) is 34.2 Å². The van der Waals surface area contributed by atoms with Gasteiger partial charge in [-0.05, 0) is 53.1 Å². The third kappa shape index (κ3) is 8.06. The largest absolute Gasteiger partial charge is 0.507 e. The molecule has 0 unspecified atom stereocenters. The zero-order valence-electron chi connectivity index (χ0n) is 27.4. The highest BCUT2D eigenvalue weighted by Crippen LogP contribution is 2.38. The van der Waals surface area contributed by atoms with Crippen molar-refractivity contribution in [2.45, 2.75) is 19.8 Å². The normalized spacial score (nSPS) is 10.8. The van der Waals surface area contributed by atoms with Gasteiger partial charge < -0.3 is 29.5 Å². The maximum absolute atomic E-state index is 11.1. The van der Waals surface area contributed by atoms with E-state index in [0.717, 1.165) is 16.7 Å². The van der Waals surface area contributed by atoms with E-state index in [1.54, 1.807) is 36.4 Å².